The number of quaternary nitrogens is 3. The van der Waals surface area contributed by atoms with Gasteiger partial charge in [-0.3, -0.25) is 19.6 Å². The second-order valence-corrected chi connectivity index (χ2v) is 7.82. The van der Waals surface area contributed by atoms with Gasteiger partial charge in [-0.25, -0.2) is 0 Å². The summed E-state index contributed by atoms with van der Waals surface area (Å²) in [5.74, 6) is -12.2. The quantitative estimate of drug-likeness (QED) is 0.0855. The van der Waals surface area contributed by atoms with Crippen LogP contribution in [0.4, 0.5) is 0 Å². The number of carbonyl (C=O) groups excluding carboxylic acids is 8. The SMILES string of the molecule is O=C([O-])CN(CCN(CC(=O)[O-])CC(=O)[O-])CC(=O)[O-].O=C([O-])CN(CCN(CC(=O)[O-])CC(=O)[O-])CC(=O)[O-].[Fe+3].[Fe+3].[Fe+3].[H-].[H-].[H-].[H-].[NH4+].[NH4+].[NH4+]. The summed E-state index contributed by atoms with van der Waals surface area (Å²) in [5, 5.41) is 83.2. The molecule has 0 bridgehead atoms. The molecule has 0 fully saturated rings. The molecular formula is C20H40Fe3N7O16. The number of aliphatic carboxylic acids is 8. The molecule has 0 unspecified atom stereocenters. The Hall–Kier alpha value is -2.96. The van der Waals surface area contributed by atoms with Crippen LogP contribution in [0.1, 0.15) is 5.71 Å². The third-order valence-electron chi connectivity index (χ3n) is 4.29. The average Bonchev–Trinajstić information content (AvgIpc) is 2.72. The third kappa shape index (κ3) is 43.2. The number of carboxylic acid groups (broad SMARTS) is 8. The van der Waals surface area contributed by atoms with Crippen molar-refractivity contribution in [2.75, 3.05) is 78.5 Å². The number of hydrogen-bond donors (Lipinski definition) is 3. The van der Waals surface area contributed by atoms with Crippen molar-refractivity contribution in [3.63, 3.8) is 0 Å². The molecule has 3 radical (unpaired) electrons. The van der Waals surface area contributed by atoms with Gasteiger partial charge in [0.25, 0.3) is 0 Å². The number of carbonyl (C=O) groups is 8. The Morgan fingerprint density at radius 1 is 0.304 bits per heavy atom. The van der Waals surface area contributed by atoms with E-state index in [9.17, 15) is 79.2 Å². The van der Waals surface area contributed by atoms with E-state index < -0.39 is 100 Å². The summed E-state index contributed by atoms with van der Waals surface area (Å²) in [7, 11) is 0. The molecule has 0 rings (SSSR count). The van der Waals surface area contributed by atoms with E-state index in [-0.39, 0.29) is 102 Å². The zero-order valence-electron chi connectivity index (χ0n) is 28.9. The molecule has 0 saturated heterocycles. The Kier molecular flexibility index (Phi) is 47.0. The number of nitrogens with zero attached hydrogens (tertiary/aromatic N) is 4. The fraction of sp³-hybridized carbons (Fsp3) is 0.600. The van der Waals surface area contributed by atoms with E-state index in [1.54, 1.807) is 0 Å². The van der Waals surface area contributed by atoms with Crippen molar-refractivity contribution in [2.45, 2.75) is 0 Å². The number of hydrogen-bond acceptors (Lipinski definition) is 20. The van der Waals surface area contributed by atoms with E-state index in [1.807, 2.05) is 0 Å². The molecule has 0 spiro atoms. The van der Waals surface area contributed by atoms with Crippen LogP contribution in [0.3, 0.4) is 0 Å². The first-order chi connectivity index (χ1) is 18.4. The van der Waals surface area contributed by atoms with E-state index in [0.717, 1.165) is 19.6 Å². The number of carboxylic acids is 8. The van der Waals surface area contributed by atoms with Gasteiger partial charge in [-0.15, -0.1) is 0 Å². The summed E-state index contributed by atoms with van der Waals surface area (Å²) in [6.45, 7) is -6.50. The smallest absolute Gasteiger partial charge is 1.00 e. The first-order valence-electron chi connectivity index (χ1n) is 10.9. The predicted molar refractivity (Wildman–Crippen MR) is 128 cm³/mol. The van der Waals surface area contributed by atoms with Gasteiger partial charge in [0.05, 0.1) is 47.8 Å². The van der Waals surface area contributed by atoms with Gasteiger partial charge in [0.2, 0.25) is 0 Å². The van der Waals surface area contributed by atoms with Crippen molar-refractivity contribution in [3.8, 4) is 0 Å². The Balaban J connectivity index is -0.0000000481. The molecular weight excluding hydrogens is 762 g/mol. The second-order valence-electron chi connectivity index (χ2n) is 7.82. The molecule has 26 heteroatoms. The van der Waals surface area contributed by atoms with Gasteiger partial charge in [0.15, 0.2) is 0 Å². The molecule has 0 heterocycles. The van der Waals surface area contributed by atoms with Crippen LogP contribution in [-0.4, -0.2) is 146 Å². The summed E-state index contributed by atoms with van der Waals surface area (Å²) in [4.78, 5) is 86.8. The molecule has 275 valence electrons. The van der Waals surface area contributed by atoms with Gasteiger partial charge in [-0.05, 0) is 0 Å². The Bertz CT molecular complexity index is 748. The molecule has 12 N–H and O–H groups in total. The van der Waals surface area contributed by atoms with Gasteiger partial charge in [-0.1, -0.05) is 0 Å². The number of rotatable bonds is 22. The molecule has 0 saturated carbocycles. The molecule has 0 amide bonds. The summed E-state index contributed by atoms with van der Waals surface area (Å²) in [6.07, 6.45) is 0. The van der Waals surface area contributed by atoms with Crippen molar-refractivity contribution in [3.05, 3.63) is 0 Å². The van der Waals surface area contributed by atoms with E-state index in [0.29, 0.717) is 0 Å². The molecule has 0 aliphatic carbocycles. The van der Waals surface area contributed by atoms with Crippen molar-refractivity contribution in [1.82, 2.24) is 38.1 Å². The van der Waals surface area contributed by atoms with E-state index >= 15 is 0 Å². The molecule has 0 aliphatic heterocycles. The van der Waals surface area contributed by atoms with Crippen molar-refractivity contribution < 1.29 is 136 Å². The first-order valence-corrected chi connectivity index (χ1v) is 10.9. The van der Waals surface area contributed by atoms with Crippen LogP contribution in [0.2, 0.25) is 0 Å². The van der Waals surface area contributed by atoms with Crippen molar-refractivity contribution in [1.29, 1.82) is 0 Å². The minimum Gasteiger partial charge on any atom is -1.00 e. The van der Waals surface area contributed by atoms with Crippen LogP contribution in [0.25, 0.3) is 0 Å². The average molecular weight is 802 g/mol. The predicted octanol–water partition coefficient (Wildman–Crippen LogP) is -13.2. The Morgan fingerprint density at radius 3 is 0.457 bits per heavy atom. The van der Waals surface area contributed by atoms with Crippen LogP contribution < -0.4 is 59.3 Å². The van der Waals surface area contributed by atoms with Crippen LogP contribution in [0.5, 0.6) is 0 Å². The maximum Gasteiger partial charge on any atom is 3.00 e. The molecule has 46 heavy (non-hydrogen) atoms. The standard InChI is InChI=1S/2C10H16N2O8.3Fe.3H3N.4H/c2*13-7(14)3-11(4-8(15)16)1-2-12(5-9(17)18)6-10(19)20;;;;;;;;;;/h2*1-6H2,(H,13,14)(H,15,16)(H,17,18)(H,19,20);;;;3*1H3;;;;/q;;3*+3;;;;4*-1/p-5. The molecule has 0 atom stereocenters. The minimum absolute atomic E-state index is 0. The van der Waals surface area contributed by atoms with Gasteiger partial charge in [-0.2, -0.15) is 0 Å². The molecule has 0 aromatic rings. The molecule has 0 aliphatic rings. The third-order valence-corrected chi connectivity index (χ3v) is 4.29. The van der Waals surface area contributed by atoms with Crippen LogP contribution >= 0.6 is 0 Å². The van der Waals surface area contributed by atoms with Gasteiger partial charge >= 0.3 is 51.2 Å². The van der Waals surface area contributed by atoms with Crippen molar-refractivity contribution >= 4 is 47.8 Å². The second kappa shape index (κ2) is 34.9. The maximum atomic E-state index is 10.4. The van der Waals surface area contributed by atoms with Gasteiger partial charge in [0.1, 0.15) is 0 Å². The first kappa shape index (κ1) is 62.0. The van der Waals surface area contributed by atoms with Crippen molar-refractivity contribution in [2.24, 2.45) is 0 Å². The zero-order chi connectivity index (χ0) is 31.4. The molecule has 0 aromatic heterocycles. The maximum absolute atomic E-state index is 10.4. The largest absolute Gasteiger partial charge is 3.00 e. The molecule has 0 aromatic carbocycles. The monoisotopic (exact) mass is 802 g/mol. The fourth-order valence-corrected chi connectivity index (χ4v) is 2.88. The van der Waals surface area contributed by atoms with E-state index in [4.69, 9.17) is 0 Å². The normalized spacial score (nSPS) is 9.30. The van der Waals surface area contributed by atoms with E-state index in [2.05, 4.69) is 0 Å². The van der Waals surface area contributed by atoms with Gasteiger partial charge < -0.3 is 103 Å². The topological polar surface area (TPSA) is 444 Å². The van der Waals surface area contributed by atoms with Crippen LogP contribution in [-0.2, 0) is 89.6 Å². The zero-order valence-corrected chi connectivity index (χ0v) is 28.2. The Morgan fingerprint density at radius 2 is 0.391 bits per heavy atom. The minimum atomic E-state index is -1.53. The Labute approximate surface area is 299 Å². The van der Waals surface area contributed by atoms with Crippen LogP contribution in [0.15, 0.2) is 0 Å². The summed E-state index contributed by atoms with van der Waals surface area (Å²) >= 11 is 0. The summed E-state index contributed by atoms with van der Waals surface area (Å²) in [5.41, 5.74) is 0. The summed E-state index contributed by atoms with van der Waals surface area (Å²) < 4.78 is 0. The summed E-state index contributed by atoms with van der Waals surface area (Å²) in [6, 6.07) is 0. The van der Waals surface area contributed by atoms with E-state index in [1.165, 1.54) is 0 Å². The molecule has 23 nitrogen and oxygen atoms in total. The van der Waals surface area contributed by atoms with Crippen LogP contribution in [0, 0.1) is 0 Å². The fourth-order valence-electron chi connectivity index (χ4n) is 2.88. The van der Waals surface area contributed by atoms with Gasteiger partial charge in [0, 0.05) is 78.5 Å².